The van der Waals surface area contributed by atoms with Gasteiger partial charge in [-0.2, -0.15) is 0 Å². The van der Waals surface area contributed by atoms with E-state index in [-0.39, 0.29) is 55.5 Å². The first-order valence-corrected chi connectivity index (χ1v) is 10.2. The molecule has 10 heteroatoms. The topological polar surface area (TPSA) is 111 Å². The fourth-order valence-electron chi connectivity index (χ4n) is 3.54. The van der Waals surface area contributed by atoms with E-state index in [0.29, 0.717) is 11.1 Å². The monoisotopic (exact) mass is 454 g/mol. The number of rotatable bonds is 6. The van der Waals surface area contributed by atoms with Crippen LogP contribution in [0.4, 0.5) is 13.2 Å². The van der Waals surface area contributed by atoms with Gasteiger partial charge in [0.05, 0.1) is 12.1 Å². The van der Waals surface area contributed by atoms with Crippen molar-refractivity contribution in [3.63, 3.8) is 0 Å². The summed E-state index contributed by atoms with van der Waals surface area (Å²) in [5, 5.41) is 17.5. The van der Waals surface area contributed by atoms with Crippen LogP contribution in [-0.4, -0.2) is 64.0 Å². The van der Waals surface area contributed by atoms with E-state index in [9.17, 15) is 27.9 Å². The number of nitrogens with two attached hydrogens (primary N) is 1. The average Bonchev–Trinajstić information content (AvgIpc) is 2.69. The highest BCUT2D eigenvalue weighted by Crippen LogP contribution is 2.24. The maximum Gasteiger partial charge on any atom is 0.333 e. The quantitative estimate of drug-likeness (QED) is 0.348. The summed E-state index contributed by atoms with van der Waals surface area (Å²) in [6.45, 7) is 5.50. The Balaban J connectivity index is 2.14. The van der Waals surface area contributed by atoms with Crippen LogP contribution in [0.5, 0.6) is 0 Å². The highest BCUT2D eigenvalue weighted by atomic mass is 19.2. The van der Waals surface area contributed by atoms with Crippen LogP contribution in [0.15, 0.2) is 23.4 Å². The van der Waals surface area contributed by atoms with Gasteiger partial charge in [0.25, 0.3) is 0 Å². The minimum Gasteiger partial charge on any atom is -0.478 e. The van der Waals surface area contributed by atoms with Gasteiger partial charge >= 0.3 is 5.97 Å². The first-order chi connectivity index (χ1) is 14.7. The summed E-state index contributed by atoms with van der Waals surface area (Å²) in [6.07, 6.45) is 0.0656. The number of hydrogen-bond acceptors (Lipinski definition) is 4. The molecule has 0 spiro atoms. The molecule has 0 radical (unpaired) electrons. The van der Waals surface area contributed by atoms with Crippen LogP contribution in [-0.2, 0) is 16.0 Å². The standard InChI is InChI=1S/C22H29F3N4O3/c1-12-7-16(23)17(24)9-14(12)8-15(26)10-19(30)28-5-6-29(21(27)22(3,4)25)18(11-28)13(2)20(31)32/h7,9,15,27H,5-6,8,10-11,26H2,1-4H3,(H,31,32)/b18-13+,27-21?. The zero-order valence-electron chi connectivity index (χ0n) is 18.6. The van der Waals surface area contributed by atoms with Crippen LogP contribution in [0.1, 0.15) is 38.3 Å². The molecule has 1 aromatic rings. The Morgan fingerprint density at radius 1 is 1.25 bits per heavy atom. The number of amides is 1. The Bertz CT molecular complexity index is 956. The lowest BCUT2D eigenvalue weighted by Crippen LogP contribution is -2.53. The smallest absolute Gasteiger partial charge is 0.333 e. The molecule has 7 nitrogen and oxygen atoms in total. The average molecular weight is 454 g/mol. The van der Waals surface area contributed by atoms with Crippen molar-refractivity contribution in [3.05, 3.63) is 46.2 Å². The van der Waals surface area contributed by atoms with Crippen molar-refractivity contribution in [2.75, 3.05) is 19.6 Å². The van der Waals surface area contributed by atoms with Gasteiger partial charge in [-0.15, -0.1) is 0 Å². The van der Waals surface area contributed by atoms with Crippen LogP contribution in [0.2, 0.25) is 0 Å². The largest absolute Gasteiger partial charge is 0.478 e. The number of amidine groups is 1. The van der Waals surface area contributed by atoms with Gasteiger partial charge < -0.3 is 20.6 Å². The second-order valence-corrected chi connectivity index (χ2v) is 8.53. The van der Waals surface area contributed by atoms with Crippen molar-refractivity contribution in [2.24, 2.45) is 5.73 Å². The van der Waals surface area contributed by atoms with Gasteiger partial charge in [-0.25, -0.2) is 18.0 Å². The molecule has 1 unspecified atom stereocenters. The highest BCUT2D eigenvalue weighted by molar-refractivity contribution is 5.92. The van der Waals surface area contributed by atoms with E-state index >= 15 is 0 Å². The molecule has 0 aromatic heterocycles. The van der Waals surface area contributed by atoms with E-state index in [0.717, 1.165) is 12.1 Å². The van der Waals surface area contributed by atoms with Crippen molar-refractivity contribution in [2.45, 2.75) is 52.2 Å². The Labute approximate surface area is 185 Å². The number of hydrogen-bond donors (Lipinski definition) is 3. The normalized spacial score (nSPS) is 17.2. The fourth-order valence-corrected chi connectivity index (χ4v) is 3.54. The number of piperazine rings is 1. The minimum atomic E-state index is -1.99. The number of aliphatic carboxylic acids is 1. The molecule has 1 heterocycles. The van der Waals surface area contributed by atoms with Crippen molar-refractivity contribution >= 4 is 17.7 Å². The van der Waals surface area contributed by atoms with Crippen molar-refractivity contribution in [1.29, 1.82) is 5.41 Å². The highest BCUT2D eigenvalue weighted by Gasteiger charge is 2.35. The molecule has 1 aromatic carbocycles. The molecule has 176 valence electrons. The first-order valence-electron chi connectivity index (χ1n) is 10.2. The number of carbonyl (C=O) groups excluding carboxylic acids is 1. The molecule has 32 heavy (non-hydrogen) atoms. The Morgan fingerprint density at radius 3 is 2.41 bits per heavy atom. The van der Waals surface area contributed by atoms with E-state index in [1.165, 1.54) is 30.6 Å². The van der Waals surface area contributed by atoms with Crippen LogP contribution in [0.3, 0.4) is 0 Å². The Hall–Kier alpha value is -2.88. The summed E-state index contributed by atoms with van der Waals surface area (Å²) in [7, 11) is 0. The third-order valence-corrected chi connectivity index (χ3v) is 5.50. The van der Waals surface area contributed by atoms with E-state index in [4.69, 9.17) is 11.1 Å². The lowest BCUT2D eigenvalue weighted by molar-refractivity contribution is -0.134. The van der Waals surface area contributed by atoms with Crippen molar-refractivity contribution < 1.29 is 27.9 Å². The van der Waals surface area contributed by atoms with E-state index in [2.05, 4.69) is 0 Å². The van der Waals surface area contributed by atoms with Crippen molar-refractivity contribution in [1.82, 2.24) is 9.80 Å². The summed E-state index contributed by atoms with van der Waals surface area (Å²) >= 11 is 0. The number of carboxylic acids is 1. The number of carbonyl (C=O) groups is 2. The van der Waals surface area contributed by atoms with Gasteiger partial charge in [0.1, 0.15) is 5.84 Å². The zero-order chi connectivity index (χ0) is 24.4. The van der Waals surface area contributed by atoms with Crippen LogP contribution in [0.25, 0.3) is 0 Å². The van der Waals surface area contributed by atoms with E-state index in [1.54, 1.807) is 6.92 Å². The SMILES string of the molecule is C/C(C(=O)O)=C1/CN(C(=O)CC(N)Cc2cc(F)c(F)cc2C)CCN1C(=N)C(C)(C)F. The van der Waals surface area contributed by atoms with Gasteiger partial charge in [-0.05, 0) is 57.4 Å². The fraction of sp³-hybridized carbons (Fsp3) is 0.500. The lowest BCUT2D eigenvalue weighted by Gasteiger charge is -2.41. The molecule has 0 bridgehead atoms. The number of nitrogens with zero attached hydrogens (tertiary/aromatic N) is 2. The molecule has 1 saturated heterocycles. The number of carboxylic acid groups (broad SMARTS) is 1. The second-order valence-electron chi connectivity index (χ2n) is 8.53. The molecule has 1 atom stereocenters. The van der Waals surface area contributed by atoms with Crippen LogP contribution in [0, 0.1) is 24.0 Å². The third-order valence-electron chi connectivity index (χ3n) is 5.50. The molecular formula is C22H29F3N4O3. The number of aryl methyl sites for hydroxylation is 1. The summed E-state index contributed by atoms with van der Waals surface area (Å²) in [6, 6.07) is 1.47. The predicted molar refractivity (Wildman–Crippen MR) is 114 cm³/mol. The van der Waals surface area contributed by atoms with Crippen molar-refractivity contribution in [3.8, 4) is 0 Å². The first kappa shape index (κ1) is 25.4. The zero-order valence-corrected chi connectivity index (χ0v) is 18.6. The lowest BCUT2D eigenvalue weighted by atomic mass is 9.98. The maximum absolute atomic E-state index is 14.3. The molecule has 0 aliphatic carbocycles. The number of alkyl halides is 1. The molecule has 0 saturated carbocycles. The van der Waals surface area contributed by atoms with E-state index < -0.39 is 29.3 Å². The molecule has 2 rings (SSSR count). The van der Waals surface area contributed by atoms with E-state index in [1.807, 2.05) is 0 Å². The van der Waals surface area contributed by atoms with Crippen LogP contribution >= 0.6 is 0 Å². The number of nitrogens with one attached hydrogen (secondary N) is 1. The van der Waals surface area contributed by atoms with Gasteiger partial charge in [0, 0.05) is 31.2 Å². The molecule has 1 aliphatic rings. The van der Waals surface area contributed by atoms with Gasteiger partial charge in [-0.3, -0.25) is 10.2 Å². The van der Waals surface area contributed by atoms with Gasteiger partial charge in [0.15, 0.2) is 17.3 Å². The van der Waals surface area contributed by atoms with Gasteiger partial charge in [0.2, 0.25) is 5.91 Å². The van der Waals surface area contributed by atoms with Gasteiger partial charge in [-0.1, -0.05) is 0 Å². The number of halogens is 3. The Kier molecular flexibility index (Phi) is 7.71. The maximum atomic E-state index is 14.3. The minimum absolute atomic E-state index is 0.0649. The predicted octanol–water partition coefficient (Wildman–Crippen LogP) is 2.76. The molecular weight excluding hydrogens is 425 g/mol. The summed E-state index contributed by atoms with van der Waals surface area (Å²) in [5.74, 6) is -3.90. The summed E-state index contributed by atoms with van der Waals surface area (Å²) in [4.78, 5) is 27.0. The molecule has 1 fully saturated rings. The Morgan fingerprint density at radius 2 is 1.84 bits per heavy atom. The summed E-state index contributed by atoms with van der Waals surface area (Å²) < 4.78 is 41.2. The second kappa shape index (κ2) is 9.72. The molecule has 1 amide bonds. The molecule has 1 aliphatic heterocycles. The van der Waals surface area contributed by atoms with Crippen LogP contribution < -0.4 is 5.73 Å². The molecule has 4 N–H and O–H groups in total. The third kappa shape index (κ3) is 5.87. The number of benzene rings is 1. The summed E-state index contributed by atoms with van der Waals surface area (Å²) in [5.41, 5.74) is 5.19.